The van der Waals surface area contributed by atoms with Crippen LogP contribution in [-0.4, -0.2) is 13.0 Å². The molecule has 0 fully saturated rings. The Bertz CT molecular complexity index is 686. The maximum atomic E-state index is 10.7. The van der Waals surface area contributed by atoms with Crippen LogP contribution in [-0.2, 0) is 10.1 Å². The van der Waals surface area contributed by atoms with E-state index in [4.69, 9.17) is 9.81 Å². The maximum absolute atomic E-state index is 10.7. The third-order valence-electron chi connectivity index (χ3n) is 1.61. The smallest absolute Gasteiger partial charge is 0.282 e. The van der Waals surface area contributed by atoms with E-state index >= 15 is 0 Å². The third kappa shape index (κ3) is 121. The standard InChI is InChI=1S/C8H10O3S.3C4H8.C2H3N.5C2H6/c1-6-3-4-8(7(2)5-6)12(9,10)11;3*1-4(2)3;1-2-3;5*1-2/h3-5H,1-2H3,(H,9,10,11);3*1H2,2-3H3;1H3;5*1-2H3. The molecule has 5 heteroatoms. The maximum Gasteiger partial charge on any atom is 0.294 e. The zero-order valence-corrected chi connectivity index (χ0v) is 29.3. The molecule has 1 aromatic rings. The molecule has 0 amide bonds. The number of hydrogen-bond acceptors (Lipinski definition) is 3. The van der Waals surface area contributed by atoms with Crippen LogP contribution in [0.5, 0.6) is 0 Å². The Kier molecular flexibility index (Phi) is 88.3. The minimum atomic E-state index is -4.05. The summed E-state index contributed by atoms with van der Waals surface area (Å²) in [5, 5.41) is 7.32. The average Bonchev–Trinajstić information content (AvgIpc) is 2.79. The summed E-state index contributed by atoms with van der Waals surface area (Å²) < 4.78 is 30.2. The molecule has 0 aliphatic heterocycles. The predicted molar refractivity (Wildman–Crippen MR) is 175 cm³/mol. The van der Waals surface area contributed by atoms with Gasteiger partial charge in [-0.15, -0.1) is 19.7 Å². The van der Waals surface area contributed by atoms with Crippen LogP contribution in [0.15, 0.2) is 59.6 Å². The van der Waals surface area contributed by atoms with Gasteiger partial charge in [0.1, 0.15) is 0 Å². The summed E-state index contributed by atoms with van der Waals surface area (Å²) >= 11 is 0. The van der Waals surface area contributed by atoms with Crippen LogP contribution >= 0.6 is 0 Å². The van der Waals surface area contributed by atoms with Crippen LogP contribution in [0.3, 0.4) is 0 Å². The van der Waals surface area contributed by atoms with Crippen LogP contribution in [0.4, 0.5) is 0 Å². The molecule has 0 atom stereocenters. The molecule has 0 aliphatic carbocycles. The molecular formula is C32H67NO3S. The second-order valence-electron chi connectivity index (χ2n) is 6.59. The van der Waals surface area contributed by atoms with Crippen LogP contribution in [0, 0.1) is 25.2 Å². The number of rotatable bonds is 1. The number of hydrogen-bond donors (Lipinski definition) is 1. The second-order valence-corrected chi connectivity index (χ2v) is 7.98. The Labute approximate surface area is 236 Å². The molecule has 0 radical (unpaired) electrons. The lowest BCUT2D eigenvalue weighted by molar-refractivity contribution is 0.482. The van der Waals surface area contributed by atoms with E-state index in [-0.39, 0.29) is 4.90 Å². The van der Waals surface area contributed by atoms with Crippen molar-refractivity contribution < 1.29 is 13.0 Å². The van der Waals surface area contributed by atoms with Gasteiger partial charge in [0.05, 0.1) is 11.0 Å². The molecular weight excluding hydrogens is 478 g/mol. The summed E-state index contributed by atoms with van der Waals surface area (Å²) in [6.45, 7) is 47.4. The molecule has 1 aromatic carbocycles. The lowest BCUT2D eigenvalue weighted by Crippen LogP contribution is -2.00. The van der Waals surface area contributed by atoms with Crippen molar-refractivity contribution in [3.05, 3.63) is 65.8 Å². The van der Waals surface area contributed by atoms with Gasteiger partial charge in [0.15, 0.2) is 0 Å². The van der Waals surface area contributed by atoms with Crippen molar-refractivity contribution in [3.63, 3.8) is 0 Å². The molecule has 0 saturated carbocycles. The lowest BCUT2D eigenvalue weighted by atomic mass is 10.2. The molecule has 0 heterocycles. The number of allylic oxidation sites excluding steroid dienone is 3. The quantitative estimate of drug-likeness (QED) is 0.281. The first-order valence-electron chi connectivity index (χ1n) is 13.2. The van der Waals surface area contributed by atoms with Gasteiger partial charge in [-0.3, -0.25) is 4.55 Å². The van der Waals surface area contributed by atoms with Crippen LogP contribution in [0.25, 0.3) is 0 Å². The summed E-state index contributed by atoms with van der Waals surface area (Å²) in [4.78, 5) is -0.0203. The Morgan fingerprint density at radius 1 is 0.703 bits per heavy atom. The molecule has 4 nitrogen and oxygen atoms in total. The molecule has 0 unspecified atom stereocenters. The SMILES string of the molecule is C=C(C)C.C=C(C)C.C=C(C)C.CC.CC.CC.CC.CC.CC#N.Cc1ccc(S(=O)(=O)O)c(C)c1. The first kappa shape index (κ1) is 59.8. The average molecular weight is 546 g/mol. The van der Waals surface area contributed by atoms with E-state index in [1.165, 1.54) is 29.7 Å². The Morgan fingerprint density at radius 3 is 1.03 bits per heavy atom. The van der Waals surface area contributed by atoms with Crippen molar-refractivity contribution in [1.29, 1.82) is 5.26 Å². The van der Waals surface area contributed by atoms with Gasteiger partial charge in [0, 0.05) is 6.92 Å². The van der Waals surface area contributed by atoms with Gasteiger partial charge in [-0.2, -0.15) is 13.7 Å². The summed E-state index contributed by atoms with van der Waals surface area (Å²) in [5.74, 6) is 0. The van der Waals surface area contributed by atoms with E-state index in [0.29, 0.717) is 5.56 Å². The number of nitriles is 1. The molecule has 224 valence electrons. The molecule has 0 saturated heterocycles. The number of benzene rings is 1. The predicted octanol–water partition coefficient (Wildman–Crippen LogP) is 12.0. The van der Waals surface area contributed by atoms with Crippen LogP contribution < -0.4 is 0 Å². The van der Waals surface area contributed by atoms with Gasteiger partial charge in [-0.25, -0.2) is 0 Å². The number of aryl methyl sites for hydroxylation is 2. The Morgan fingerprint density at radius 2 is 0.892 bits per heavy atom. The summed E-state index contributed by atoms with van der Waals surface area (Å²) in [6.07, 6.45) is 0. The Balaban J connectivity index is -0.0000000382. The van der Waals surface area contributed by atoms with Crippen LogP contribution in [0.2, 0.25) is 0 Å². The van der Waals surface area contributed by atoms with E-state index in [9.17, 15) is 8.42 Å². The van der Waals surface area contributed by atoms with Crippen molar-refractivity contribution in [2.75, 3.05) is 0 Å². The fourth-order valence-electron chi connectivity index (χ4n) is 1.09. The fourth-order valence-corrected chi connectivity index (χ4v) is 1.79. The molecule has 0 bridgehead atoms. The number of nitrogens with zero attached hydrogens (tertiary/aromatic N) is 1. The molecule has 0 aliphatic rings. The van der Waals surface area contributed by atoms with E-state index in [0.717, 1.165) is 5.56 Å². The van der Waals surface area contributed by atoms with Crippen molar-refractivity contribution >= 4 is 10.1 Å². The van der Waals surface area contributed by atoms with E-state index in [1.807, 2.05) is 118 Å². The van der Waals surface area contributed by atoms with E-state index < -0.39 is 10.1 Å². The fraction of sp³-hybridized carbons (Fsp3) is 0.594. The zero-order chi connectivity index (χ0) is 32.8. The highest BCUT2D eigenvalue weighted by molar-refractivity contribution is 7.85. The van der Waals surface area contributed by atoms with Gasteiger partial charge in [-0.1, -0.05) is 104 Å². The van der Waals surface area contributed by atoms with Crippen molar-refractivity contribution in [3.8, 4) is 6.07 Å². The highest BCUT2D eigenvalue weighted by Crippen LogP contribution is 2.15. The van der Waals surface area contributed by atoms with Gasteiger partial charge in [0.2, 0.25) is 0 Å². The van der Waals surface area contributed by atoms with Crippen LogP contribution in [0.1, 0.15) is 129 Å². The topological polar surface area (TPSA) is 78.2 Å². The van der Waals surface area contributed by atoms with Crippen molar-refractivity contribution in [2.24, 2.45) is 0 Å². The summed E-state index contributed by atoms with van der Waals surface area (Å²) in [6, 6.07) is 6.51. The third-order valence-corrected chi connectivity index (χ3v) is 2.62. The Hall–Kier alpha value is -2.16. The molecule has 37 heavy (non-hydrogen) atoms. The normalized spacial score (nSPS) is 6.89. The minimum Gasteiger partial charge on any atom is -0.282 e. The second kappa shape index (κ2) is 54.7. The summed E-state index contributed by atoms with van der Waals surface area (Å²) in [7, 11) is -4.05. The van der Waals surface area contributed by atoms with Gasteiger partial charge in [-0.05, 0) is 67.0 Å². The van der Waals surface area contributed by atoms with Crippen molar-refractivity contribution in [2.45, 2.75) is 136 Å². The monoisotopic (exact) mass is 545 g/mol. The largest absolute Gasteiger partial charge is 0.294 e. The summed E-state index contributed by atoms with van der Waals surface area (Å²) in [5.41, 5.74) is 5.04. The molecule has 1 N–H and O–H groups in total. The molecule has 1 rings (SSSR count). The molecule has 0 aromatic heterocycles. The van der Waals surface area contributed by atoms with Crippen molar-refractivity contribution in [1.82, 2.24) is 0 Å². The first-order valence-corrected chi connectivity index (χ1v) is 14.7. The van der Waals surface area contributed by atoms with E-state index in [1.54, 1.807) is 25.1 Å². The molecule has 0 spiro atoms. The van der Waals surface area contributed by atoms with Gasteiger partial charge < -0.3 is 0 Å². The lowest BCUT2D eigenvalue weighted by Gasteiger charge is -2.02. The van der Waals surface area contributed by atoms with Gasteiger partial charge >= 0.3 is 0 Å². The van der Waals surface area contributed by atoms with E-state index in [2.05, 4.69) is 19.7 Å². The van der Waals surface area contributed by atoms with Gasteiger partial charge in [0.25, 0.3) is 10.1 Å². The highest BCUT2D eigenvalue weighted by atomic mass is 32.2. The first-order chi connectivity index (χ1) is 17.0. The zero-order valence-electron chi connectivity index (χ0n) is 28.5. The highest BCUT2D eigenvalue weighted by Gasteiger charge is 2.11. The minimum absolute atomic E-state index is 0.0203.